The smallest absolute Gasteiger partial charge is 0.292 e. The molecular formula is C18H33NO3. The Morgan fingerprint density at radius 1 is 1.27 bits per heavy atom. The molecule has 0 saturated heterocycles. The van der Waals surface area contributed by atoms with Gasteiger partial charge in [0.2, 0.25) is 0 Å². The lowest BCUT2D eigenvalue weighted by atomic mass is 10.0. The number of rotatable bonds is 10. The Hall–Kier alpha value is -1.68. The second-order valence-electron chi connectivity index (χ2n) is 4.04. The van der Waals surface area contributed by atoms with E-state index in [4.69, 9.17) is 4.79 Å². The van der Waals surface area contributed by atoms with Crippen molar-refractivity contribution >= 4 is 12.3 Å². The minimum atomic E-state index is 0.306. The van der Waals surface area contributed by atoms with Crippen LogP contribution in [0.2, 0.25) is 0 Å². The van der Waals surface area contributed by atoms with Gasteiger partial charge in [0.25, 0.3) is 6.47 Å². The van der Waals surface area contributed by atoms with Gasteiger partial charge in [-0.05, 0) is 19.9 Å². The molecule has 1 unspecified atom stereocenters. The van der Waals surface area contributed by atoms with Gasteiger partial charge in [0.05, 0.1) is 7.11 Å². The van der Waals surface area contributed by atoms with Crippen LogP contribution in [0.4, 0.5) is 0 Å². The number of Topliss-reactive ketones (excluding diaryl/α,β-unsaturated/α-hetero) is 1. The molecule has 22 heavy (non-hydrogen) atoms. The van der Waals surface area contributed by atoms with Crippen molar-refractivity contribution < 1.29 is 14.3 Å². The molecule has 4 nitrogen and oxygen atoms in total. The lowest BCUT2D eigenvalue weighted by Gasteiger charge is -2.13. The van der Waals surface area contributed by atoms with Crippen molar-refractivity contribution in [1.29, 1.82) is 0 Å². The lowest BCUT2D eigenvalue weighted by Crippen LogP contribution is -2.27. The molecule has 0 spiro atoms. The first-order chi connectivity index (χ1) is 10.7. The van der Waals surface area contributed by atoms with Crippen molar-refractivity contribution in [1.82, 2.24) is 5.32 Å². The third kappa shape index (κ3) is 23.4. The van der Waals surface area contributed by atoms with Crippen LogP contribution in [0.25, 0.3) is 0 Å². The van der Waals surface area contributed by atoms with E-state index in [0.717, 1.165) is 12.8 Å². The Bertz CT molecular complexity index is 309. The number of hydrogen-bond donors (Lipinski definition) is 1. The second kappa shape index (κ2) is 24.3. The highest BCUT2D eigenvalue weighted by atomic mass is 16.5. The maximum atomic E-state index is 11.3. The summed E-state index contributed by atoms with van der Waals surface area (Å²) in [6.07, 6.45) is 13.0. The Kier molecular flexibility index (Phi) is 28.0. The predicted molar refractivity (Wildman–Crippen MR) is 94.9 cm³/mol. The molecule has 0 rings (SSSR count). The summed E-state index contributed by atoms with van der Waals surface area (Å²) >= 11 is 0. The largest absolute Gasteiger partial charge is 0.471 e. The van der Waals surface area contributed by atoms with Gasteiger partial charge in [0.15, 0.2) is 0 Å². The number of allylic oxidation sites excluding steroid dienone is 5. The fourth-order valence-electron chi connectivity index (χ4n) is 1.38. The summed E-state index contributed by atoms with van der Waals surface area (Å²) in [4.78, 5) is 20.2. The molecule has 1 atom stereocenters. The number of methoxy groups -OCH3 is 1. The van der Waals surface area contributed by atoms with E-state index in [9.17, 15) is 4.79 Å². The van der Waals surface area contributed by atoms with Crippen molar-refractivity contribution in [3.63, 3.8) is 0 Å². The minimum Gasteiger partial charge on any atom is -0.471 e. The van der Waals surface area contributed by atoms with Gasteiger partial charge in [-0.25, -0.2) is 0 Å². The Labute approximate surface area is 136 Å². The lowest BCUT2D eigenvalue weighted by molar-refractivity contribution is -0.126. The average molecular weight is 311 g/mol. The molecule has 0 aromatic heterocycles. The van der Waals surface area contributed by atoms with Gasteiger partial charge in [0, 0.05) is 18.9 Å². The Balaban J connectivity index is -0.000000516. The molecule has 0 saturated carbocycles. The molecular weight excluding hydrogens is 278 g/mol. The van der Waals surface area contributed by atoms with Gasteiger partial charge in [-0.1, -0.05) is 57.7 Å². The van der Waals surface area contributed by atoms with E-state index in [-0.39, 0.29) is 0 Å². The van der Waals surface area contributed by atoms with Crippen LogP contribution in [-0.2, 0) is 14.3 Å². The topological polar surface area (TPSA) is 55.4 Å². The Morgan fingerprint density at radius 3 is 2.27 bits per heavy atom. The summed E-state index contributed by atoms with van der Waals surface area (Å²) in [7, 11) is 3.22. The summed E-state index contributed by atoms with van der Waals surface area (Å²) in [5.41, 5.74) is 0. The van der Waals surface area contributed by atoms with Crippen molar-refractivity contribution in [3.8, 4) is 0 Å². The summed E-state index contributed by atoms with van der Waals surface area (Å²) < 4.78 is 3.86. The second-order valence-corrected chi connectivity index (χ2v) is 4.04. The van der Waals surface area contributed by atoms with Gasteiger partial charge >= 0.3 is 0 Å². The maximum Gasteiger partial charge on any atom is 0.292 e. The zero-order valence-electron chi connectivity index (χ0n) is 14.8. The van der Waals surface area contributed by atoms with Crippen molar-refractivity contribution in [2.24, 2.45) is 0 Å². The van der Waals surface area contributed by atoms with Crippen molar-refractivity contribution in [2.45, 2.75) is 52.5 Å². The molecule has 0 aliphatic rings. The highest BCUT2D eigenvalue weighted by Gasteiger charge is 2.08. The molecule has 1 N–H and O–H groups in total. The molecule has 0 aliphatic carbocycles. The highest BCUT2D eigenvalue weighted by Crippen LogP contribution is 2.04. The molecule has 0 bridgehead atoms. The van der Waals surface area contributed by atoms with Crippen LogP contribution in [0, 0.1) is 0 Å². The number of carbonyl (C=O) groups is 2. The zero-order valence-corrected chi connectivity index (χ0v) is 14.8. The van der Waals surface area contributed by atoms with Crippen LogP contribution < -0.4 is 5.32 Å². The third-order valence-corrected chi connectivity index (χ3v) is 2.55. The number of hydrogen-bond acceptors (Lipinski definition) is 4. The van der Waals surface area contributed by atoms with E-state index in [1.54, 1.807) is 6.08 Å². The van der Waals surface area contributed by atoms with Gasteiger partial charge in [-0.3, -0.25) is 9.59 Å². The zero-order chi connectivity index (χ0) is 17.6. The first-order valence-corrected chi connectivity index (χ1v) is 7.75. The van der Waals surface area contributed by atoms with Crippen LogP contribution in [0.3, 0.4) is 0 Å². The molecule has 0 aliphatic heterocycles. The van der Waals surface area contributed by atoms with Crippen LogP contribution in [0.1, 0.15) is 46.5 Å². The van der Waals surface area contributed by atoms with Gasteiger partial charge in [-0.15, -0.1) is 0 Å². The molecule has 0 fully saturated rings. The van der Waals surface area contributed by atoms with Gasteiger partial charge in [0.1, 0.15) is 5.78 Å². The molecule has 128 valence electrons. The molecule has 0 amide bonds. The minimum absolute atomic E-state index is 0.306. The molecule has 0 heterocycles. The van der Waals surface area contributed by atoms with E-state index in [0.29, 0.717) is 31.1 Å². The molecule has 4 heteroatoms. The first kappa shape index (κ1) is 25.3. The van der Waals surface area contributed by atoms with E-state index in [1.807, 2.05) is 46.0 Å². The van der Waals surface area contributed by atoms with E-state index >= 15 is 0 Å². The Morgan fingerprint density at radius 2 is 1.86 bits per heavy atom. The summed E-state index contributed by atoms with van der Waals surface area (Å²) in [6.45, 7) is 9.88. The quantitative estimate of drug-likeness (QED) is 0.492. The predicted octanol–water partition coefficient (Wildman–Crippen LogP) is 3.84. The van der Waals surface area contributed by atoms with Gasteiger partial charge < -0.3 is 10.1 Å². The standard InChI is InChI=1S/C14H23NO.C2H4O2.C2H6/c1-4-6-7-8-9-10-11-13(15-3)12-14(16)5-2;1-4-2-3;1-2/h4,6-9,13,15H,1,5,10-12H2,2-3H3;2H,1H3;1-2H3/b7-6-,9-8-;;. The van der Waals surface area contributed by atoms with Crippen molar-refractivity contribution in [2.75, 3.05) is 14.2 Å². The van der Waals surface area contributed by atoms with Gasteiger partial charge in [-0.2, -0.15) is 0 Å². The molecule has 0 aromatic carbocycles. The third-order valence-electron chi connectivity index (χ3n) is 2.55. The number of ketones is 1. The SMILES string of the molecule is C=C/C=C\C=C/CCC(CC(=O)CC)NC.CC.COC=O. The summed E-state index contributed by atoms with van der Waals surface area (Å²) in [6, 6.07) is 0.306. The molecule has 0 radical (unpaired) electrons. The number of ether oxygens (including phenoxy) is 1. The van der Waals surface area contributed by atoms with Crippen LogP contribution in [-0.4, -0.2) is 32.5 Å². The molecule has 0 aromatic rings. The fourth-order valence-corrected chi connectivity index (χ4v) is 1.38. The van der Waals surface area contributed by atoms with Crippen LogP contribution in [0.15, 0.2) is 37.0 Å². The number of nitrogens with one attached hydrogen (secondary N) is 1. The van der Waals surface area contributed by atoms with E-state index in [2.05, 4.69) is 22.7 Å². The number of carbonyl (C=O) groups excluding carboxylic acids is 2. The van der Waals surface area contributed by atoms with E-state index in [1.165, 1.54) is 7.11 Å². The highest BCUT2D eigenvalue weighted by molar-refractivity contribution is 5.78. The maximum absolute atomic E-state index is 11.3. The van der Waals surface area contributed by atoms with Crippen molar-refractivity contribution in [3.05, 3.63) is 37.0 Å². The van der Waals surface area contributed by atoms with Crippen LogP contribution in [0.5, 0.6) is 0 Å². The van der Waals surface area contributed by atoms with E-state index < -0.39 is 0 Å². The normalized spacial score (nSPS) is 11.0. The monoisotopic (exact) mass is 311 g/mol. The van der Waals surface area contributed by atoms with Crippen LogP contribution >= 0.6 is 0 Å². The summed E-state index contributed by atoms with van der Waals surface area (Å²) in [5, 5.41) is 3.18. The average Bonchev–Trinajstić information content (AvgIpc) is 2.58. The first-order valence-electron chi connectivity index (χ1n) is 7.75. The summed E-state index contributed by atoms with van der Waals surface area (Å²) in [5.74, 6) is 0.329. The fraction of sp³-hybridized carbons (Fsp3) is 0.556.